The number of carbonyl (C=O) groups excluding carboxylic acids is 1. The largest absolute Gasteiger partial charge is 0.460 e. The van der Waals surface area contributed by atoms with Crippen molar-refractivity contribution in [2.24, 2.45) is 5.73 Å². The van der Waals surface area contributed by atoms with Crippen LogP contribution in [0.1, 0.15) is 25.3 Å². The van der Waals surface area contributed by atoms with Gasteiger partial charge in [0.1, 0.15) is 6.61 Å². The van der Waals surface area contributed by atoms with Crippen molar-refractivity contribution in [2.45, 2.75) is 38.5 Å². The Morgan fingerprint density at radius 1 is 1.37 bits per heavy atom. The number of nitrogens with two attached hydrogens (primary N) is 1. The molecule has 0 saturated carbocycles. The van der Waals surface area contributed by atoms with E-state index in [1.54, 1.807) is 0 Å². The molecule has 1 aliphatic heterocycles. The standard InChI is InChI=1S/C15H22N2O2/c1-12-7-8-14(16)9-17(12)10-15(18)19-11-13-5-3-2-4-6-13/h2-6,12,14H,7-11,16H2,1H3/t12-,14+/m0/s1. The number of hydrogen-bond donors (Lipinski definition) is 1. The zero-order valence-electron chi connectivity index (χ0n) is 11.4. The van der Waals surface area contributed by atoms with Gasteiger partial charge >= 0.3 is 5.97 Å². The summed E-state index contributed by atoms with van der Waals surface area (Å²) in [5, 5.41) is 0. The van der Waals surface area contributed by atoms with Crippen molar-refractivity contribution in [1.82, 2.24) is 4.90 Å². The van der Waals surface area contributed by atoms with Crippen LogP contribution in [0.25, 0.3) is 0 Å². The van der Waals surface area contributed by atoms with Crippen LogP contribution in [0, 0.1) is 0 Å². The molecule has 0 aromatic heterocycles. The smallest absolute Gasteiger partial charge is 0.320 e. The van der Waals surface area contributed by atoms with E-state index in [1.165, 1.54) is 0 Å². The molecule has 1 aromatic rings. The van der Waals surface area contributed by atoms with Gasteiger partial charge in [0.25, 0.3) is 0 Å². The minimum Gasteiger partial charge on any atom is -0.460 e. The summed E-state index contributed by atoms with van der Waals surface area (Å²) < 4.78 is 5.29. The fourth-order valence-electron chi connectivity index (χ4n) is 2.38. The van der Waals surface area contributed by atoms with Crippen LogP contribution in [-0.2, 0) is 16.1 Å². The van der Waals surface area contributed by atoms with Crippen molar-refractivity contribution in [2.75, 3.05) is 13.1 Å². The average molecular weight is 262 g/mol. The molecule has 1 aliphatic rings. The molecule has 0 radical (unpaired) electrons. The molecule has 4 heteroatoms. The molecule has 1 heterocycles. The molecule has 4 nitrogen and oxygen atoms in total. The SMILES string of the molecule is C[C@H]1CC[C@@H](N)CN1CC(=O)OCc1ccccc1. The molecule has 1 aromatic carbocycles. The lowest BCUT2D eigenvalue weighted by molar-refractivity contribution is -0.147. The minimum absolute atomic E-state index is 0.176. The first kappa shape index (κ1) is 14.0. The Balaban J connectivity index is 1.77. The normalized spacial score (nSPS) is 24.1. The molecule has 2 atom stereocenters. The Hall–Kier alpha value is -1.39. The molecule has 2 N–H and O–H groups in total. The predicted molar refractivity (Wildman–Crippen MR) is 74.5 cm³/mol. The van der Waals surface area contributed by atoms with Crippen LogP contribution in [0.2, 0.25) is 0 Å². The molecule has 2 rings (SSSR count). The van der Waals surface area contributed by atoms with Gasteiger partial charge in [-0.1, -0.05) is 30.3 Å². The fourth-order valence-corrected chi connectivity index (χ4v) is 2.38. The Morgan fingerprint density at radius 3 is 2.84 bits per heavy atom. The van der Waals surface area contributed by atoms with Gasteiger partial charge < -0.3 is 10.5 Å². The van der Waals surface area contributed by atoms with Gasteiger partial charge in [-0.15, -0.1) is 0 Å². The summed E-state index contributed by atoms with van der Waals surface area (Å²) in [5.74, 6) is -0.176. The monoisotopic (exact) mass is 262 g/mol. The third-order valence-corrected chi connectivity index (χ3v) is 3.62. The third kappa shape index (κ3) is 4.33. The van der Waals surface area contributed by atoms with Gasteiger partial charge in [-0.25, -0.2) is 0 Å². The van der Waals surface area contributed by atoms with E-state index >= 15 is 0 Å². The second kappa shape index (κ2) is 6.68. The summed E-state index contributed by atoms with van der Waals surface area (Å²) in [4.78, 5) is 13.9. The maximum Gasteiger partial charge on any atom is 0.320 e. The predicted octanol–water partition coefficient (Wildman–Crippen LogP) is 1.54. The molecule has 0 unspecified atom stereocenters. The van der Waals surface area contributed by atoms with E-state index in [1.807, 2.05) is 30.3 Å². The summed E-state index contributed by atoms with van der Waals surface area (Å²) in [6.45, 7) is 3.59. The third-order valence-electron chi connectivity index (χ3n) is 3.62. The first-order valence-electron chi connectivity index (χ1n) is 6.84. The molecule has 1 fully saturated rings. The van der Waals surface area contributed by atoms with Crippen molar-refractivity contribution >= 4 is 5.97 Å². The molecule has 0 spiro atoms. The molecular formula is C15H22N2O2. The summed E-state index contributed by atoms with van der Waals surface area (Å²) >= 11 is 0. The molecule has 0 aliphatic carbocycles. The first-order chi connectivity index (χ1) is 9.15. The van der Waals surface area contributed by atoms with Crippen molar-refractivity contribution in [3.05, 3.63) is 35.9 Å². The summed E-state index contributed by atoms with van der Waals surface area (Å²) in [5.41, 5.74) is 6.95. The molecule has 104 valence electrons. The van der Waals surface area contributed by atoms with Gasteiger partial charge in [0.05, 0.1) is 6.54 Å². The summed E-state index contributed by atoms with van der Waals surface area (Å²) in [6, 6.07) is 10.3. The van der Waals surface area contributed by atoms with Crippen LogP contribution in [-0.4, -0.2) is 36.0 Å². The number of nitrogens with zero attached hydrogens (tertiary/aromatic N) is 1. The van der Waals surface area contributed by atoms with Gasteiger partial charge in [0, 0.05) is 18.6 Å². The summed E-state index contributed by atoms with van der Waals surface area (Å²) in [7, 11) is 0. The molecule has 19 heavy (non-hydrogen) atoms. The Kier molecular flexibility index (Phi) is 4.93. The number of benzene rings is 1. The lowest BCUT2D eigenvalue weighted by atomic mass is 10.0. The maximum atomic E-state index is 11.8. The highest BCUT2D eigenvalue weighted by molar-refractivity contribution is 5.71. The van der Waals surface area contributed by atoms with Gasteiger partial charge in [0.15, 0.2) is 0 Å². The molecular weight excluding hydrogens is 240 g/mol. The van der Waals surface area contributed by atoms with E-state index in [2.05, 4.69) is 11.8 Å². The van der Waals surface area contributed by atoms with Gasteiger partial charge in [0.2, 0.25) is 0 Å². The number of esters is 1. The second-order valence-electron chi connectivity index (χ2n) is 5.26. The van der Waals surface area contributed by atoms with Crippen LogP contribution in [0.5, 0.6) is 0 Å². The zero-order chi connectivity index (χ0) is 13.7. The minimum atomic E-state index is -0.176. The van der Waals surface area contributed by atoms with E-state index in [-0.39, 0.29) is 12.0 Å². The maximum absolute atomic E-state index is 11.8. The van der Waals surface area contributed by atoms with E-state index in [9.17, 15) is 4.79 Å². The lowest BCUT2D eigenvalue weighted by Gasteiger charge is -2.35. The molecule has 0 amide bonds. The van der Waals surface area contributed by atoms with Crippen LogP contribution >= 0.6 is 0 Å². The summed E-state index contributed by atoms with van der Waals surface area (Å²) in [6.07, 6.45) is 2.09. The van der Waals surface area contributed by atoms with Gasteiger partial charge in [-0.3, -0.25) is 9.69 Å². The van der Waals surface area contributed by atoms with Gasteiger partial charge in [-0.2, -0.15) is 0 Å². The fraction of sp³-hybridized carbons (Fsp3) is 0.533. The molecule has 0 bridgehead atoms. The first-order valence-corrected chi connectivity index (χ1v) is 6.84. The molecule has 1 saturated heterocycles. The highest BCUT2D eigenvalue weighted by atomic mass is 16.5. The highest BCUT2D eigenvalue weighted by Gasteiger charge is 2.25. The topological polar surface area (TPSA) is 55.6 Å². The zero-order valence-corrected chi connectivity index (χ0v) is 11.4. The van der Waals surface area contributed by atoms with Crippen molar-refractivity contribution in [3.63, 3.8) is 0 Å². The number of hydrogen-bond acceptors (Lipinski definition) is 4. The van der Waals surface area contributed by atoms with Crippen molar-refractivity contribution < 1.29 is 9.53 Å². The van der Waals surface area contributed by atoms with Crippen LogP contribution in [0.3, 0.4) is 0 Å². The second-order valence-corrected chi connectivity index (χ2v) is 5.26. The van der Waals surface area contributed by atoms with Crippen molar-refractivity contribution in [1.29, 1.82) is 0 Å². The van der Waals surface area contributed by atoms with E-state index in [0.717, 1.165) is 24.9 Å². The van der Waals surface area contributed by atoms with E-state index in [0.29, 0.717) is 19.2 Å². The van der Waals surface area contributed by atoms with E-state index < -0.39 is 0 Å². The van der Waals surface area contributed by atoms with E-state index in [4.69, 9.17) is 10.5 Å². The highest BCUT2D eigenvalue weighted by Crippen LogP contribution is 2.15. The Labute approximate surface area is 114 Å². The lowest BCUT2D eigenvalue weighted by Crippen LogP contribution is -2.49. The average Bonchev–Trinajstić information content (AvgIpc) is 2.42. The van der Waals surface area contributed by atoms with Crippen LogP contribution in [0.4, 0.5) is 0 Å². The number of ether oxygens (including phenoxy) is 1. The van der Waals surface area contributed by atoms with Crippen molar-refractivity contribution in [3.8, 4) is 0 Å². The number of likely N-dealkylation sites (tertiary alicyclic amines) is 1. The number of piperidine rings is 1. The number of carbonyl (C=O) groups is 1. The quantitative estimate of drug-likeness (QED) is 0.836. The van der Waals surface area contributed by atoms with Crippen LogP contribution < -0.4 is 5.73 Å². The Bertz CT molecular complexity index is 408. The van der Waals surface area contributed by atoms with Crippen LogP contribution in [0.15, 0.2) is 30.3 Å². The van der Waals surface area contributed by atoms with Gasteiger partial charge in [-0.05, 0) is 25.3 Å². The Morgan fingerprint density at radius 2 is 2.11 bits per heavy atom. The number of rotatable bonds is 4.